The smallest absolute Gasteiger partial charge is 0.405 e. The highest BCUT2D eigenvalue weighted by Crippen LogP contribution is 2.38. The van der Waals surface area contributed by atoms with Gasteiger partial charge in [-0.2, -0.15) is 0 Å². The first-order chi connectivity index (χ1) is 12.8. The van der Waals surface area contributed by atoms with Crippen molar-refractivity contribution < 1.29 is 37.0 Å². The molecule has 1 aliphatic heterocycles. The van der Waals surface area contributed by atoms with Gasteiger partial charge in [-0.05, 0) is 12.1 Å². The molecule has 142 valence electrons. The molecule has 0 saturated heterocycles. The third-order valence-corrected chi connectivity index (χ3v) is 3.92. The molecule has 0 radical (unpaired) electrons. The standard InChI is InChI=1S/C17H12F4N2O4/c18-8-2-1-7(5-9(8)19)22-16(24)14-11(21)6-10(20)13-12(23-17(25)26)3-4-27-15(13)14/h1-2,5-6,12,23H,3-4H2,(H,22,24)(H,25,26). The third kappa shape index (κ3) is 3.64. The highest BCUT2D eigenvalue weighted by molar-refractivity contribution is 6.06. The van der Waals surface area contributed by atoms with Crippen molar-refractivity contribution in [3.05, 3.63) is 58.7 Å². The molecular formula is C17H12F4N2O4. The SMILES string of the molecule is O=C(O)NC1CCOc2c(C(=O)Nc3ccc(F)c(F)c3)c(F)cc(F)c21. The summed E-state index contributed by atoms with van der Waals surface area (Å²) in [6, 6.07) is 1.91. The van der Waals surface area contributed by atoms with Crippen LogP contribution in [0.25, 0.3) is 0 Å². The van der Waals surface area contributed by atoms with Crippen LogP contribution in [0.1, 0.15) is 28.4 Å². The van der Waals surface area contributed by atoms with Crippen LogP contribution in [0.4, 0.5) is 28.0 Å². The van der Waals surface area contributed by atoms with Crippen LogP contribution in [-0.2, 0) is 0 Å². The molecule has 1 heterocycles. The number of nitrogens with one attached hydrogen (secondary N) is 2. The highest BCUT2D eigenvalue weighted by Gasteiger charge is 2.33. The van der Waals surface area contributed by atoms with Gasteiger partial charge in [0.05, 0.1) is 18.2 Å². The van der Waals surface area contributed by atoms with Crippen LogP contribution in [-0.4, -0.2) is 23.7 Å². The lowest BCUT2D eigenvalue weighted by molar-refractivity contribution is 0.101. The fourth-order valence-electron chi connectivity index (χ4n) is 2.78. The van der Waals surface area contributed by atoms with Crippen molar-refractivity contribution in [3.63, 3.8) is 0 Å². The van der Waals surface area contributed by atoms with E-state index in [0.717, 1.165) is 12.1 Å². The van der Waals surface area contributed by atoms with Gasteiger partial charge in [0.15, 0.2) is 11.6 Å². The second-order valence-corrected chi connectivity index (χ2v) is 5.68. The van der Waals surface area contributed by atoms with Crippen molar-refractivity contribution >= 4 is 17.7 Å². The third-order valence-electron chi connectivity index (χ3n) is 3.92. The summed E-state index contributed by atoms with van der Waals surface area (Å²) < 4.78 is 60.0. The van der Waals surface area contributed by atoms with E-state index in [-0.39, 0.29) is 24.3 Å². The van der Waals surface area contributed by atoms with Gasteiger partial charge in [0.25, 0.3) is 5.91 Å². The van der Waals surface area contributed by atoms with Crippen molar-refractivity contribution in [2.75, 3.05) is 11.9 Å². The van der Waals surface area contributed by atoms with Gasteiger partial charge < -0.3 is 20.5 Å². The molecule has 0 spiro atoms. The molecular weight excluding hydrogens is 372 g/mol. The van der Waals surface area contributed by atoms with Crippen LogP contribution in [0, 0.1) is 23.3 Å². The van der Waals surface area contributed by atoms with Gasteiger partial charge in [-0.25, -0.2) is 22.4 Å². The van der Waals surface area contributed by atoms with Gasteiger partial charge in [-0.3, -0.25) is 4.79 Å². The fourth-order valence-corrected chi connectivity index (χ4v) is 2.78. The predicted molar refractivity (Wildman–Crippen MR) is 84.7 cm³/mol. The van der Waals surface area contributed by atoms with E-state index in [1.165, 1.54) is 0 Å². The zero-order valence-electron chi connectivity index (χ0n) is 13.5. The summed E-state index contributed by atoms with van der Waals surface area (Å²) in [4.78, 5) is 23.3. The Labute approximate surface area is 149 Å². The monoisotopic (exact) mass is 384 g/mol. The zero-order valence-corrected chi connectivity index (χ0v) is 13.5. The molecule has 1 atom stereocenters. The van der Waals surface area contributed by atoms with Crippen molar-refractivity contribution in [1.82, 2.24) is 5.32 Å². The Balaban J connectivity index is 2.01. The lowest BCUT2D eigenvalue weighted by Gasteiger charge is -2.28. The van der Waals surface area contributed by atoms with E-state index < -0.39 is 52.6 Å². The van der Waals surface area contributed by atoms with Crippen LogP contribution < -0.4 is 15.4 Å². The number of carbonyl (C=O) groups excluding carboxylic acids is 1. The molecule has 0 aromatic heterocycles. The maximum atomic E-state index is 14.3. The topological polar surface area (TPSA) is 87.7 Å². The lowest BCUT2D eigenvalue weighted by atomic mass is 9.96. The van der Waals surface area contributed by atoms with Gasteiger partial charge in [0, 0.05) is 24.2 Å². The minimum Gasteiger partial charge on any atom is -0.492 e. The van der Waals surface area contributed by atoms with Crippen molar-refractivity contribution in [1.29, 1.82) is 0 Å². The molecule has 0 saturated carbocycles. The first-order valence-electron chi connectivity index (χ1n) is 7.68. The van der Waals surface area contributed by atoms with E-state index in [1.54, 1.807) is 0 Å². The van der Waals surface area contributed by atoms with Gasteiger partial charge in [-0.1, -0.05) is 0 Å². The van der Waals surface area contributed by atoms with Crippen LogP contribution in [0.5, 0.6) is 5.75 Å². The van der Waals surface area contributed by atoms with Crippen LogP contribution in [0.15, 0.2) is 24.3 Å². The van der Waals surface area contributed by atoms with Gasteiger partial charge in [0.1, 0.15) is 22.9 Å². The number of fused-ring (bicyclic) bond motifs is 1. The fraction of sp³-hybridized carbons (Fsp3) is 0.176. The Hall–Kier alpha value is -3.30. The number of hydrogen-bond donors (Lipinski definition) is 3. The summed E-state index contributed by atoms with van der Waals surface area (Å²) >= 11 is 0. The minimum atomic E-state index is -1.43. The number of ether oxygens (including phenoxy) is 1. The average Bonchev–Trinajstić information content (AvgIpc) is 2.57. The summed E-state index contributed by atoms with van der Waals surface area (Å²) in [5.74, 6) is -6.23. The Morgan fingerprint density at radius 2 is 1.78 bits per heavy atom. The molecule has 10 heteroatoms. The molecule has 27 heavy (non-hydrogen) atoms. The quantitative estimate of drug-likeness (QED) is 0.706. The molecule has 3 N–H and O–H groups in total. The molecule has 0 aliphatic carbocycles. The average molecular weight is 384 g/mol. The van der Waals surface area contributed by atoms with Gasteiger partial charge in [0.2, 0.25) is 0 Å². The number of anilines is 1. The Kier molecular flexibility index (Phi) is 4.89. The number of carbonyl (C=O) groups is 2. The van der Waals surface area contributed by atoms with E-state index >= 15 is 0 Å². The van der Waals surface area contributed by atoms with E-state index in [4.69, 9.17) is 9.84 Å². The van der Waals surface area contributed by atoms with Gasteiger partial charge >= 0.3 is 6.09 Å². The predicted octanol–water partition coefficient (Wildman–Crippen LogP) is 3.59. The van der Waals surface area contributed by atoms with E-state index in [2.05, 4.69) is 10.6 Å². The molecule has 1 aliphatic rings. The summed E-state index contributed by atoms with van der Waals surface area (Å²) in [7, 11) is 0. The van der Waals surface area contributed by atoms with Crippen LogP contribution >= 0.6 is 0 Å². The van der Waals surface area contributed by atoms with Gasteiger partial charge in [-0.15, -0.1) is 0 Å². The van der Waals surface area contributed by atoms with Crippen molar-refractivity contribution in [2.45, 2.75) is 12.5 Å². The van der Waals surface area contributed by atoms with E-state index in [9.17, 15) is 27.2 Å². The molecule has 6 nitrogen and oxygen atoms in total. The normalized spacial score (nSPS) is 15.5. The number of carboxylic acid groups (broad SMARTS) is 1. The molecule has 3 rings (SSSR count). The second-order valence-electron chi connectivity index (χ2n) is 5.68. The number of halogens is 4. The molecule has 0 fully saturated rings. The van der Waals surface area contributed by atoms with E-state index in [1.807, 2.05) is 0 Å². The molecule has 0 bridgehead atoms. The van der Waals surface area contributed by atoms with E-state index in [0.29, 0.717) is 12.1 Å². The maximum Gasteiger partial charge on any atom is 0.405 e. The Bertz CT molecular complexity index is 936. The molecule has 1 unspecified atom stereocenters. The number of amides is 2. The molecule has 2 aromatic rings. The Morgan fingerprint density at radius 1 is 1.04 bits per heavy atom. The summed E-state index contributed by atoms with van der Waals surface area (Å²) in [5, 5.41) is 13.1. The minimum absolute atomic E-state index is 0.0755. The number of hydrogen-bond acceptors (Lipinski definition) is 3. The second kappa shape index (κ2) is 7.14. The van der Waals surface area contributed by atoms with Crippen molar-refractivity contribution in [3.8, 4) is 5.75 Å². The first kappa shape index (κ1) is 18.5. The van der Waals surface area contributed by atoms with Crippen molar-refractivity contribution in [2.24, 2.45) is 0 Å². The summed E-state index contributed by atoms with van der Waals surface area (Å²) in [5.41, 5.74) is -1.14. The summed E-state index contributed by atoms with van der Waals surface area (Å²) in [6.07, 6.45) is -1.35. The number of rotatable bonds is 3. The molecule has 2 aromatic carbocycles. The maximum absolute atomic E-state index is 14.3. The molecule has 2 amide bonds. The van der Waals surface area contributed by atoms with Crippen LogP contribution in [0.3, 0.4) is 0 Å². The summed E-state index contributed by atoms with van der Waals surface area (Å²) in [6.45, 7) is -0.0910. The zero-order chi connectivity index (χ0) is 19.7. The largest absolute Gasteiger partial charge is 0.492 e. The first-order valence-corrected chi connectivity index (χ1v) is 7.68. The van der Waals surface area contributed by atoms with Crippen LogP contribution in [0.2, 0.25) is 0 Å². The number of benzene rings is 2. The lowest BCUT2D eigenvalue weighted by Crippen LogP contribution is -2.33. The highest BCUT2D eigenvalue weighted by atomic mass is 19.2. The Morgan fingerprint density at radius 3 is 2.44 bits per heavy atom.